The Kier molecular flexibility index (Phi) is 3.10. The van der Waals surface area contributed by atoms with Crippen LogP contribution in [0.3, 0.4) is 0 Å². The molecule has 1 aromatic heterocycles. The Bertz CT molecular complexity index is 588. The summed E-state index contributed by atoms with van der Waals surface area (Å²) in [7, 11) is 0. The van der Waals surface area contributed by atoms with Gasteiger partial charge in [0, 0.05) is 17.3 Å². The van der Waals surface area contributed by atoms with Gasteiger partial charge >= 0.3 is 0 Å². The molecule has 0 radical (unpaired) electrons. The summed E-state index contributed by atoms with van der Waals surface area (Å²) < 4.78 is 27.4. The monoisotopic (exact) mass is 230 g/mol. The number of nitrogens with zero attached hydrogens (tertiary/aromatic N) is 2. The lowest BCUT2D eigenvalue weighted by Crippen LogP contribution is -1.97. The molecule has 0 aliphatic heterocycles. The molecule has 0 fully saturated rings. The fourth-order valence-corrected chi connectivity index (χ4v) is 1.55. The first kappa shape index (κ1) is 11.2. The Balaban J connectivity index is 2.58. The van der Waals surface area contributed by atoms with Crippen molar-refractivity contribution in [3.8, 4) is 17.3 Å². The third-order valence-corrected chi connectivity index (χ3v) is 2.37. The quantitative estimate of drug-likeness (QED) is 0.794. The van der Waals surface area contributed by atoms with Crippen LogP contribution in [0.5, 0.6) is 0 Å². The second kappa shape index (κ2) is 4.71. The van der Waals surface area contributed by atoms with Crippen molar-refractivity contribution in [2.24, 2.45) is 0 Å². The summed E-state index contributed by atoms with van der Waals surface area (Å²) in [4.78, 5) is 3.83. The van der Waals surface area contributed by atoms with Crippen molar-refractivity contribution >= 4 is 0 Å². The molecule has 0 unspecified atom stereocenters. The molecule has 17 heavy (non-hydrogen) atoms. The van der Waals surface area contributed by atoms with E-state index in [4.69, 9.17) is 5.26 Å². The number of benzene rings is 1. The first-order chi connectivity index (χ1) is 8.24. The molecule has 84 valence electrons. The number of rotatable bonds is 2. The molecule has 0 N–H and O–H groups in total. The van der Waals surface area contributed by atoms with E-state index < -0.39 is 11.6 Å². The molecule has 0 atom stereocenters. The maximum absolute atomic E-state index is 13.9. The van der Waals surface area contributed by atoms with E-state index in [0.717, 1.165) is 0 Å². The van der Waals surface area contributed by atoms with Crippen LogP contribution in [0.25, 0.3) is 11.3 Å². The molecule has 2 aromatic rings. The maximum Gasteiger partial charge on any atom is 0.153 e. The molecule has 0 saturated carbocycles. The molecule has 0 aliphatic carbocycles. The van der Waals surface area contributed by atoms with E-state index in [2.05, 4.69) is 4.98 Å². The highest BCUT2D eigenvalue weighted by Gasteiger charge is 2.13. The molecule has 1 heterocycles. The highest BCUT2D eigenvalue weighted by Crippen LogP contribution is 2.24. The van der Waals surface area contributed by atoms with Crippen molar-refractivity contribution in [2.75, 3.05) is 0 Å². The number of hydrogen-bond acceptors (Lipinski definition) is 2. The van der Waals surface area contributed by atoms with E-state index in [0.29, 0.717) is 0 Å². The van der Waals surface area contributed by atoms with Crippen LogP contribution in [-0.4, -0.2) is 4.98 Å². The van der Waals surface area contributed by atoms with Gasteiger partial charge in [-0.3, -0.25) is 4.98 Å². The number of nitriles is 1. The van der Waals surface area contributed by atoms with Crippen molar-refractivity contribution in [3.63, 3.8) is 0 Å². The summed E-state index contributed by atoms with van der Waals surface area (Å²) in [6.45, 7) is 0. The van der Waals surface area contributed by atoms with Crippen LogP contribution in [0.2, 0.25) is 0 Å². The van der Waals surface area contributed by atoms with Crippen molar-refractivity contribution < 1.29 is 8.78 Å². The summed E-state index contributed by atoms with van der Waals surface area (Å²) in [6.07, 6.45) is 1.31. The third kappa shape index (κ3) is 2.13. The van der Waals surface area contributed by atoms with Crippen molar-refractivity contribution in [3.05, 3.63) is 53.7 Å². The minimum atomic E-state index is -0.640. The average molecular weight is 230 g/mol. The maximum atomic E-state index is 13.9. The fourth-order valence-electron chi connectivity index (χ4n) is 1.55. The summed E-state index contributed by atoms with van der Waals surface area (Å²) in [5.41, 5.74) is 0.265. The summed E-state index contributed by atoms with van der Waals surface area (Å²) in [6, 6.07) is 9.11. The lowest BCUT2D eigenvalue weighted by Gasteiger charge is -2.06. The smallest absolute Gasteiger partial charge is 0.153 e. The molecule has 4 heteroatoms. The van der Waals surface area contributed by atoms with Crippen LogP contribution < -0.4 is 0 Å². The fraction of sp³-hybridized carbons (Fsp3) is 0.0769. The lowest BCUT2D eigenvalue weighted by molar-refractivity contribution is 0.603. The standard InChI is InChI=1S/C13H8F2N2/c14-11-4-2-1-3-10(11)13-12(15)9(5-7-16)6-8-17-13/h1-4,6,8H,5H2. The molecular weight excluding hydrogens is 222 g/mol. The van der Waals surface area contributed by atoms with Gasteiger partial charge in [0.15, 0.2) is 5.82 Å². The Morgan fingerprint density at radius 3 is 2.65 bits per heavy atom. The van der Waals surface area contributed by atoms with Gasteiger partial charge in [0.2, 0.25) is 0 Å². The van der Waals surface area contributed by atoms with E-state index in [1.807, 2.05) is 6.07 Å². The first-order valence-corrected chi connectivity index (χ1v) is 4.99. The average Bonchev–Trinajstić information content (AvgIpc) is 2.33. The SMILES string of the molecule is N#CCc1ccnc(-c2ccccc2F)c1F. The Hall–Kier alpha value is -2.28. The highest BCUT2D eigenvalue weighted by atomic mass is 19.1. The predicted octanol–water partition coefficient (Wildman–Crippen LogP) is 3.09. The molecule has 1 aromatic carbocycles. The first-order valence-electron chi connectivity index (χ1n) is 4.99. The summed E-state index contributed by atoms with van der Waals surface area (Å²) in [5.74, 6) is -1.17. The summed E-state index contributed by atoms with van der Waals surface area (Å²) >= 11 is 0. The minimum absolute atomic E-state index is 0.0594. The van der Waals surface area contributed by atoms with Gasteiger partial charge in [-0.2, -0.15) is 5.26 Å². The number of halogens is 2. The van der Waals surface area contributed by atoms with Crippen LogP contribution in [0.4, 0.5) is 8.78 Å². The number of pyridine rings is 1. The van der Waals surface area contributed by atoms with Gasteiger partial charge in [-0.1, -0.05) is 12.1 Å². The van der Waals surface area contributed by atoms with Crippen LogP contribution in [0, 0.1) is 23.0 Å². The molecule has 2 rings (SSSR count). The minimum Gasteiger partial charge on any atom is -0.253 e. The zero-order valence-corrected chi connectivity index (χ0v) is 8.82. The molecule has 0 aliphatic rings. The van der Waals surface area contributed by atoms with E-state index in [1.165, 1.54) is 30.5 Å². The van der Waals surface area contributed by atoms with Gasteiger partial charge in [0.25, 0.3) is 0 Å². The highest BCUT2D eigenvalue weighted by molar-refractivity contribution is 5.61. The Morgan fingerprint density at radius 1 is 1.18 bits per heavy atom. The molecule has 0 saturated heterocycles. The van der Waals surface area contributed by atoms with E-state index in [-0.39, 0.29) is 23.2 Å². The second-order valence-corrected chi connectivity index (χ2v) is 3.45. The van der Waals surface area contributed by atoms with Crippen molar-refractivity contribution in [1.29, 1.82) is 5.26 Å². The van der Waals surface area contributed by atoms with Gasteiger partial charge in [0.05, 0.1) is 12.5 Å². The van der Waals surface area contributed by atoms with Crippen LogP contribution in [0.1, 0.15) is 5.56 Å². The number of aromatic nitrogens is 1. The van der Waals surface area contributed by atoms with Crippen LogP contribution in [0.15, 0.2) is 36.5 Å². The molecule has 0 bridgehead atoms. The zero-order chi connectivity index (χ0) is 12.3. The van der Waals surface area contributed by atoms with E-state index >= 15 is 0 Å². The van der Waals surface area contributed by atoms with Gasteiger partial charge in [0.1, 0.15) is 11.5 Å². The lowest BCUT2D eigenvalue weighted by atomic mass is 10.1. The molecule has 0 amide bonds. The third-order valence-electron chi connectivity index (χ3n) is 2.37. The van der Waals surface area contributed by atoms with Crippen LogP contribution >= 0.6 is 0 Å². The zero-order valence-electron chi connectivity index (χ0n) is 8.82. The summed E-state index contributed by atoms with van der Waals surface area (Å²) in [5, 5.41) is 8.55. The van der Waals surface area contributed by atoms with Gasteiger partial charge in [-0.25, -0.2) is 8.78 Å². The van der Waals surface area contributed by atoms with Crippen molar-refractivity contribution in [2.45, 2.75) is 6.42 Å². The number of hydrogen-bond donors (Lipinski definition) is 0. The van der Waals surface area contributed by atoms with Gasteiger partial charge in [-0.15, -0.1) is 0 Å². The second-order valence-electron chi connectivity index (χ2n) is 3.45. The Morgan fingerprint density at radius 2 is 1.94 bits per heavy atom. The van der Waals surface area contributed by atoms with Gasteiger partial charge < -0.3 is 0 Å². The van der Waals surface area contributed by atoms with Gasteiger partial charge in [-0.05, 0) is 18.2 Å². The predicted molar refractivity (Wildman–Crippen MR) is 58.9 cm³/mol. The molecule has 2 nitrogen and oxygen atoms in total. The van der Waals surface area contributed by atoms with E-state index in [1.54, 1.807) is 6.07 Å². The Labute approximate surface area is 97.2 Å². The largest absolute Gasteiger partial charge is 0.253 e. The normalized spacial score (nSPS) is 9.94. The van der Waals surface area contributed by atoms with E-state index in [9.17, 15) is 8.78 Å². The van der Waals surface area contributed by atoms with Crippen molar-refractivity contribution in [1.82, 2.24) is 4.98 Å². The topological polar surface area (TPSA) is 36.7 Å². The molecular formula is C13H8F2N2. The van der Waals surface area contributed by atoms with Crippen LogP contribution in [-0.2, 0) is 6.42 Å². The molecule has 0 spiro atoms.